The molecule has 9 heteroatoms. The van der Waals surface area contributed by atoms with Gasteiger partial charge in [0.25, 0.3) is 0 Å². The molecule has 0 bridgehead atoms. The van der Waals surface area contributed by atoms with Crippen LogP contribution in [0.2, 0.25) is 0 Å². The molecule has 6 nitrogen and oxygen atoms in total. The Morgan fingerprint density at radius 2 is 1.61 bits per heavy atom. The Morgan fingerprint density at radius 3 is 2.21 bits per heavy atom. The quantitative estimate of drug-likeness (QED) is 0.519. The first-order chi connectivity index (χ1) is 15.8. The van der Waals surface area contributed by atoms with Gasteiger partial charge in [-0.3, -0.25) is 4.98 Å². The first-order valence-electron chi connectivity index (χ1n) is 10.2. The van der Waals surface area contributed by atoms with Crippen LogP contribution in [0.5, 0.6) is 0 Å². The van der Waals surface area contributed by atoms with Crippen molar-refractivity contribution in [3.05, 3.63) is 89.2 Å². The molecule has 1 aromatic heterocycles. The molecule has 33 heavy (non-hydrogen) atoms. The van der Waals surface area contributed by atoms with Gasteiger partial charge in [0.1, 0.15) is 18.8 Å². The Labute approximate surface area is 187 Å². The summed E-state index contributed by atoms with van der Waals surface area (Å²) in [6.07, 6.45) is -8.19. The Bertz CT molecular complexity index is 1110. The number of benzene rings is 2. The van der Waals surface area contributed by atoms with Crippen molar-refractivity contribution in [2.75, 3.05) is 13.2 Å². The first-order valence-corrected chi connectivity index (χ1v) is 10.2. The van der Waals surface area contributed by atoms with Gasteiger partial charge in [-0.05, 0) is 34.4 Å². The number of alkyl halides is 3. The summed E-state index contributed by atoms with van der Waals surface area (Å²) >= 11 is 0. The molecule has 3 aromatic rings. The molecule has 0 radical (unpaired) electrons. The minimum atomic E-state index is -4.75. The highest BCUT2D eigenvalue weighted by molar-refractivity contribution is 5.79. The average molecular weight is 458 g/mol. The lowest BCUT2D eigenvalue weighted by molar-refractivity contribution is -0.140. The standard InChI is InChI=1S/C24H21F3N2O4/c25-24(26,27)19-10-5-11-28-21(19)22(31)20(30)12-29-23(32)33-13-18-16-8-3-1-6-14(16)15-7-2-4-9-17(15)18/h1-11,18,20,22,30-31H,12-13H2,(H,29,32). The van der Waals surface area contributed by atoms with E-state index in [0.29, 0.717) is 0 Å². The zero-order chi connectivity index (χ0) is 23.6. The smallest absolute Gasteiger partial charge is 0.418 e. The van der Waals surface area contributed by atoms with Crippen molar-refractivity contribution in [1.29, 1.82) is 0 Å². The molecule has 0 saturated carbocycles. The van der Waals surface area contributed by atoms with Crippen LogP contribution in [0.3, 0.4) is 0 Å². The monoisotopic (exact) mass is 458 g/mol. The molecule has 1 amide bonds. The van der Waals surface area contributed by atoms with Crippen LogP contribution in [0.15, 0.2) is 66.9 Å². The molecule has 2 unspecified atom stereocenters. The Balaban J connectivity index is 1.36. The highest BCUT2D eigenvalue weighted by Gasteiger charge is 2.37. The predicted molar refractivity (Wildman–Crippen MR) is 113 cm³/mol. The maximum absolute atomic E-state index is 13.1. The van der Waals surface area contributed by atoms with Crippen molar-refractivity contribution in [2.24, 2.45) is 0 Å². The highest BCUT2D eigenvalue weighted by Crippen LogP contribution is 2.44. The van der Waals surface area contributed by atoms with Crippen LogP contribution in [-0.4, -0.2) is 40.5 Å². The summed E-state index contributed by atoms with van der Waals surface area (Å²) in [6.45, 7) is -0.483. The average Bonchev–Trinajstić information content (AvgIpc) is 3.14. The Morgan fingerprint density at radius 1 is 1.00 bits per heavy atom. The number of aliphatic hydroxyl groups excluding tert-OH is 2. The van der Waals surface area contributed by atoms with Gasteiger partial charge >= 0.3 is 12.3 Å². The zero-order valence-electron chi connectivity index (χ0n) is 17.3. The number of halogens is 3. The lowest BCUT2D eigenvalue weighted by atomic mass is 9.98. The van der Waals surface area contributed by atoms with E-state index in [2.05, 4.69) is 10.3 Å². The van der Waals surface area contributed by atoms with Gasteiger partial charge in [-0.15, -0.1) is 0 Å². The fourth-order valence-corrected chi connectivity index (χ4v) is 4.02. The normalized spacial score (nSPS) is 14.8. The van der Waals surface area contributed by atoms with Gasteiger partial charge in [0.15, 0.2) is 0 Å². The van der Waals surface area contributed by atoms with Crippen molar-refractivity contribution in [2.45, 2.75) is 24.3 Å². The lowest BCUT2D eigenvalue weighted by Crippen LogP contribution is -2.37. The second-order valence-corrected chi connectivity index (χ2v) is 7.65. The summed E-state index contributed by atoms with van der Waals surface area (Å²) in [4.78, 5) is 15.7. The van der Waals surface area contributed by atoms with Crippen LogP contribution in [0.25, 0.3) is 11.1 Å². The molecule has 0 aliphatic heterocycles. The van der Waals surface area contributed by atoms with E-state index in [9.17, 15) is 28.2 Å². The van der Waals surface area contributed by atoms with Crippen LogP contribution in [0.1, 0.15) is 34.4 Å². The van der Waals surface area contributed by atoms with Gasteiger partial charge in [-0.1, -0.05) is 48.5 Å². The maximum Gasteiger partial charge on any atom is 0.418 e. The number of rotatable bonds is 6. The second-order valence-electron chi connectivity index (χ2n) is 7.65. The number of fused-ring (bicyclic) bond motifs is 3. The van der Waals surface area contributed by atoms with Crippen LogP contribution in [-0.2, 0) is 10.9 Å². The third-order valence-corrected chi connectivity index (χ3v) is 5.59. The van der Waals surface area contributed by atoms with Crippen LogP contribution < -0.4 is 5.32 Å². The number of pyridine rings is 1. The van der Waals surface area contributed by atoms with Gasteiger partial charge in [-0.25, -0.2) is 4.79 Å². The summed E-state index contributed by atoms with van der Waals surface area (Å²) in [5, 5.41) is 22.6. The molecule has 3 N–H and O–H groups in total. The number of nitrogens with one attached hydrogen (secondary N) is 1. The van der Waals surface area contributed by atoms with Crippen LogP contribution in [0, 0.1) is 0 Å². The lowest BCUT2D eigenvalue weighted by Gasteiger charge is -2.21. The minimum absolute atomic E-state index is 0.0387. The van der Waals surface area contributed by atoms with Crippen molar-refractivity contribution in [1.82, 2.24) is 10.3 Å². The van der Waals surface area contributed by atoms with E-state index in [-0.39, 0.29) is 12.5 Å². The number of nitrogens with zero attached hydrogens (tertiary/aromatic N) is 1. The molecule has 0 fully saturated rings. The number of hydrogen-bond acceptors (Lipinski definition) is 5. The second kappa shape index (κ2) is 9.21. The number of alkyl carbamates (subject to hydrolysis) is 1. The number of ether oxygens (including phenoxy) is 1. The summed E-state index contributed by atoms with van der Waals surface area (Å²) in [7, 11) is 0. The van der Waals surface area contributed by atoms with E-state index in [1.54, 1.807) is 0 Å². The Kier molecular flexibility index (Phi) is 6.35. The van der Waals surface area contributed by atoms with Crippen LogP contribution >= 0.6 is 0 Å². The molecule has 1 aliphatic rings. The van der Waals surface area contributed by atoms with E-state index in [1.807, 2.05) is 48.5 Å². The summed E-state index contributed by atoms with van der Waals surface area (Å²) in [6, 6.07) is 17.5. The number of aliphatic hydroxyl groups is 2. The first kappa shape index (κ1) is 22.8. The SMILES string of the molecule is O=C(NCC(O)C(O)c1ncccc1C(F)(F)F)OCC1c2ccccc2-c2ccccc21. The fourth-order valence-electron chi connectivity index (χ4n) is 4.02. The minimum Gasteiger partial charge on any atom is -0.449 e. The van der Waals surface area contributed by atoms with Gasteiger partial charge < -0.3 is 20.3 Å². The number of amides is 1. The topological polar surface area (TPSA) is 91.7 Å². The predicted octanol–water partition coefficient (Wildman–Crippen LogP) is 4.03. The zero-order valence-corrected chi connectivity index (χ0v) is 17.3. The van der Waals surface area contributed by atoms with Crippen molar-refractivity contribution in [3.8, 4) is 11.1 Å². The molecular formula is C24H21F3N2O4. The molecule has 2 aromatic carbocycles. The number of aromatic nitrogens is 1. The molecule has 1 heterocycles. The van der Waals surface area contributed by atoms with Gasteiger partial charge in [0.05, 0.1) is 11.3 Å². The van der Waals surface area contributed by atoms with E-state index in [1.165, 1.54) is 0 Å². The molecule has 2 atom stereocenters. The van der Waals surface area contributed by atoms with E-state index >= 15 is 0 Å². The van der Waals surface area contributed by atoms with Gasteiger partial charge in [0, 0.05) is 18.7 Å². The summed E-state index contributed by atoms with van der Waals surface area (Å²) in [5.74, 6) is -0.165. The van der Waals surface area contributed by atoms with Crippen LogP contribution in [0.4, 0.5) is 18.0 Å². The van der Waals surface area contributed by atoms with Crippen molar-refractivity contribution in [3.63, 3.8) is 0 Å². The highest BCUT2D eigenvalue weighted by atomic mass is 19.4. The fraction of sp³-hybridized carbons (Fsp3) is 0.250. The third kappa shape index (κ3) is 4.69. The molecule has 0 saturated heterocycles. The molecular weight excluding hydrogens is 437 g/mol. The van der Waals surface area contributed by atoms with Crippen molar-refractivity contribution >= 4 is 6.09 Å². The number of hydrogen-bond donors (Lipinski definition) is 3. The maximum atomic E-state index is 13.1. The van der Waals surface area contributed by atoms with Crippen molar-refractivity contribution < 1.29 is 32.9 Å². The molecule has 1 aliphatic carbocycles. The van der Waals surface area contributed by atoms with E-state index in [0.717, 1.165) is 40.6 Å². The molecule has 4 rings (SSSR count). The number of carbonyl (C=O) groups is 1. The third-order valence-electron chi connectivity index (χ3n) is 5.59. The summed E-state index contributed by atoms with van der Waals surface area (Å²) < 4.78 is 44.7. The largest absolute Gasteiger partial charge is 0.449 e. The van der Waals surface area contributed by atoms with Gasteiger partial charge in [0.2, 0.25) is 0 Å². The molecule has 0 spiro atoms. The van der Waals surface area contributed by atoms with Gasteiger partial charge in [-0.2, -0.15) is 13.2 Å². The van der Waals surface area contributed by atoms with E-state index < -0.39 is 42.3 Å². The van der Waals surface area contributed by atoms with E-state index in [4.69, 9.17) is 4.74 Å². The summed E-state index contributed by atoms with van der Waals surface area (Å²) in [5.41, 5.74) is 2.31. The Hall–Kier alpha value is -3.43. The molecule has 172 valence electrons. The number of carbonyl (C=O) groups excluding carboxylic acids is 1.